The second-order valence-electron chi connectivity index (χ2n) is 8.60. The standard InChI is InChI=1S/C25H33NO4/c1-24(2,3)30-23(28)26-19-25(22(27)29-4,17-15-20-11-7-5-8-12-20)18-16-21-13-9-6-10-14-21/h5-14H,15-19H2,1-4H3,(H,26,28). The predicted octanol–water partition coefficient (Wildman–Crippen LogP) is 4.94. The number of amides is 1. The molecule has 0 radical (unpaired) electrons. The van der Waals surface area contributed by atoms with Gasteiger partial charge in [0, 0.05) is 6.54 Å². The molecular formula is C25H33NO4. The van der Waals surface area contributed by atoms with Crippen molar-refractivity contribution in [3.05, 3.63) is 71.8 Å². The topological polar surface area (TPSA) is 64.6 Å². The minimum absolute atomic E-state index is 0.161. The van der Waals surface area contributed by atoms with Crippen LogP contribution in [-0.2, 0) is 27.1 Å². The van der Waals surface area contributed by atoms with E-state index < -0.39 is 17.1 Å². The zero-order valence-electron chi connectivity index (χ0n) is 18.4. The lowest BCUT2D eigenvalue weighted by Crippen LogP contribution is -2.45. The molecule has 0 heterocycles. The average Bonchev–Trinajstić information content (AvgIpc) is 2.73. The molecule has 0 unspecified atom stereocenters. The summed E-state index contributed by atoms with van der Waals surface area (Å²) in [6.07, 6.45) is 2.01. The van der Waals surface area contributed by atoms with Crippen LogP contribution in [-0.4, -0.2) is 31.3 Å². The predicted molar refractivity (Wildman–Crippen MR) is 118 cm³/mol. The molecule has 0 atom stereocenters. The van der Waals surface area contributed by atoms with Crippen LogP contribution < -0.4 is 5.32 Å². The number of esters is 1. The van der Waals surface area contributed by atoms with Gasteiger partial charge in [-0.15, -0.1) is 0 Å². The maximum absolute atomic E-state index is 13.0. The summed E-state index contributed by atoms with van der Waals surface area (Å²) in [6.45, 7) is 5.59. The fraction of sp³-hybridized carbons (Fsp3) is 0.440. The lowest BCUT2D eigenvalue weighted by atomic mass is 9.77. The average molecular weight is 412 g/mol. The van der Waals surface area contributed by atoms with E-state index >= 15 is 0 Å². The van der Waals surface area contributed by atoms with Gasteiger partial charge < -0.3 is 14.8 Å². The summed E-state index contributed by atoms with van der Waals surface area (Å²) in [6, 6.07) is 20.0. The zero-order valence-corrected chi connectivity index (χ0v) is 18.4. The number of nitrogens with one attached hydrogen (secondary N) is 1. The van der Waals surface area contributed by atoms with Crippen molar-refractivity contribution in [2.24, 2.45) is 5.41 Å². The van der Waals surface area contributed by atoms with Crippen LogP contribution in [0.15, 0.2) is 60.7 Å². The minimum atomic E-state index is -0.850. The summed E-state index contributed by atoms with van der Waals surface area (Å²) >= 11 is 0. The summed E-state index contributed by atoms with van der Waals surface area (Å²) in [5.41, 5.74) is 0.828. The number of methoxy groups -OCH3 is 1. The van der Waals surface area contributed by atoms with Gasteiger partial charge in [-0.1, -0.05) is 60.7 Å². The second kappa shape index (κ2) is 10.8. The third-order valence-corrected chi connectivity index (χ3v) is 5.06. The molecule has 162 valence electrons. The first-order valence-corrected chi connectivity index (χ1v) is 10.4. The Morgan fingerprint density at radius 1 is 0.833 bits per heavy atom. The molecule has 0 fully saturated rings. The Kier molecular flexibility index (Phi) is 8.46. The highest BCUT2D eigenvalue weighted by Gasteiger charge is 2.39. The van der Waals surface area contributed by atoms with E-state index in [9.17, 15) is 9.59 Å². The Labute approximate surface area is 179 Å². The van der Waals surface area contributed by atoms with Gasteiger partial charge >= 0.3 is 12.1 Å². The summed E-state index contributed by atoms with van der Waals surface area (Å²) in [5.74, 6) is -0.314. The summed E-state index contributed by atoms with van der Waals surface area (Å²) in [4.78, 5) is 25.2. The van der Waals surface area contributed by atoms with Crippen LogP contribution in [0.2, 0.25) is 0 Å². The summed E-state index contributed by atoms with van der Waals surface area (Å²) in [7, 11) is 1.40. The van der Waals surface area contributed by atoms with Crippen LogP contribution in [0, 0.1) is 5.41 Å². The van der Waals surface area contributed by atoms with E-state index in [4.69, 9.17) is 9.47 Å². The Balaban J connectivity index is 2.20. The monoisotopic (exact) mass is 411 g/mol. The van der Waals surface area contributed by atoms with Crippen LogP contribution in [0.25, 0.3) is 0 Å². The number of rotatable bonds is 9. The zero-order chi connectivity index (χ0) is 22.0. The minimum Gasteiger partial charge on any atom is -0.469 e. The van der Waals surface area contributed by atoms with E-state index in [1.165, 1.54) is 7.11 Å². The normalized spacial score (nSPS) is 11.6. The molecule has 2 aromatic carbocycles. The van der Waals surface area contributed by atoms with Gasteiger partial charge in [0.25, 0.3) is 0 Å². The van der Waals surface area contributed by atoms with E-state index in [0.717, 1.165) is 11.1 Å². The molecule has 1 N–H and O–H groups in total. The number of carbonyl (C=O) groups is 2. The molecule has 0 aliphatic rings. The molecule has 0 spiro atoms. The summed E-state index contributed by atoms with van der Waals surface area (Å²) < 4.78 is 10.6. The van der Waals surface area contributed by atoms with Crippen molar-refractivity contribution in [2.45, 2.75) is 52.1 Å². The number of carbonyl (C=O) groups excluding carboxylic acids is 2. The number of alkyl carbamates (subject to hydrolysis) is 1. The highest BCUT2D eigenvalue weighted by atomic mass is 16.6. The third-order valence-electron chi connectivity index (χ3n) is 5.06. The first-order chi connectivity index (χ1) is 14.2. The third kappa shape index (κ3) is 7.54. The molecule has 0 aliphatic carbocycles. The Bertz CT molecular complexity index is 753. The quantitative estimate of drug-likeness (QED) is 0.594. The number of hydrogen-bond donors (Lipinski definition) is 1. The van der Waals surface area contributed by atoms with Gasteiger partial charge in [-0.25, -0.2) is 4.79 Å². The van der Waals surface area contributed by atoms with Crippen LogP contribution in [0.3, 0.4) is 0 Å². The molecule has 30 heavy (non-hydrogen) atoms. The molecule has 0 aromatic heterocycles. The van der Waals surface area contributed by atoms with Gasteiger partial charge in [0.05, 0.1) is 12.5 Å². The molecule has 0 bridgehead atoms. The van der Waals surface area contributed by atoms with Crippen LogP contribution in [0.1, 0.15) is 44.7 Å². The number of benzene rings is 2. The van der Waals surface area contributed by atoms with E-state index in [2.05, 4.69) is 5.32 Å². The Hall–Kier alpha value is -2.82. The van der Waals surface area contributed by atoms with Crippen LogP contribution >= 0.6 is 0 Å². The van der Waals surface area contributed by atoms with E-state index in [1.807, 2.05) is 81.4 Å². The SMILES string of the molecule is COC(=O)C(CCc1ccccc1)(CCc1ccccc1)CNC(=O)OC(C)(C)C. The van der Waals surface area contributed by atoms with E-state index in [1.54, 1.807) is 0 Å². The Morgan fingerprint density at radius 2 is 1.30 bits per heavy atom. The van der Waals surface area contributed by atoms with Crippen molar-refractivity contribution in [3.63, 3.8) is 0 Å². The largest absolute Gasteiger partial charge is 0.469 e. The smallest absolute Gasteiger partial charge is 0.407 e. The van der Waals surface area contributed by atoms with Gasteiger partial charge in [-0.05, 0) is 57.6 Å². The second-order valence-corrected chi connectivity index (χ2v) is 8.60. The van der Waals surface area contributed by atoms with Gasteiger partial charge in [-0.3, -0.25) is 4.79 Å². The van der Waals surface area contributed by atoms with Crippen molar-refractivity contribution in [3.8, 4) is 0 Å². The summed E-state index contributed by atoms with van der Waals surface area (Å²) in [5, 5.41) is 2.81. The molecule has 1 amide bonds. The van der Waals surface area contributed by atoms with E-state index in [0.29, 0.717) is 25.7 Å². The van der Waals surface area contributed by atoms with Crippen molar-refractivity contribution in [2.75, 3.05) is 13.7 Å². The molecule has 5 heteroatoms. The maximum Gasteiger partial charge on any atom is 0.407 e. The lowest BCUT2D eigenvalue weighted by Gasteiger charge is -2.32. The van der Waals surface area contributed by atoms with Crippen molar-refractivity contribution < 1.29 is 19.1 Å². The first kappa shape index (κ1) is 23.5. The van der Waals surface area contributed by atoms with Gasteiger partial charge in [0.2, 0.25) is 0 Å². The highest BCUT2D eigenvalue weighted by molar-refractivity contribution is 5.78. The van der Waals surface area contributed by atoms with Crippen molar-refractivity contribution in [1.82, 2.24) is 5.32 Å². The van der Waals surface area contributed by atoms with Gasteiger partial charge in [-0.2, -0.15) is 0 Å². The first-order valence-electron chi connectivity index (χ1n) is 10.4. The lowest BCUT2D eigenvalue weighted by molar-refractivity contribution is -0.153. The maximum atomic E-state index is 13.0. The fourth-order valence-electron chi connectivity index (χ4n) is 3.41. The highest BCUT2D eigenvalue weighted by Crippen LogP contribution is 2.32. The fourth-order valence-corrected chi connectivity index (χ4v) is 3.41. The molecule has 0 saturated heterocycles. The van der Waals surface area contributed by atoms with Gasteiger partial charge in [0.15, 0.2) is 0 Å². The van der Waals surface area contributed by atoms with E-state index in [-0.39, 0.29) is 12.5 Å². The van der Waals surface area contributed by atoms with Crippen molar-refractivity contribution >= 4 is 12.1 Å². The Morgan fingerprint density at radius 3 is 1.70 bits per heavy atom. The number of ether oxygens (including phenoxy) is 2. The van der Waals surface area contributed by atoms with Crippen LogP contribution in [0.4, 0.5) is 4.79 Å². The molecule has 0 aliphatic heterocycles. The molecule has 2 rings (SSSR count). The molecular weight excluding hydrogens is 378 g/mol. The van der Waals surface area contributed by atoms with Gasteiger partial charge in [0.1, 0.15) is 5.60 Å². The van der Waals surface area contributed by atoms with Crippen molar-refractivity contribution in [1.29, 1.82) is 0 Å². The molecule has 5 nitrogen and oxygen atoms in total. The van der Waals surface area contributed by atoms with Crippen LogP contribution in [0.5, 0.6) is 0 Å². The number of hydrogen-bond acceptors (Lipinski definition) is 4. The molecule has 2 aromatic rings. The number of aryl methyl sites for hydroxylation is 2. The molecule has 0 saturated carbocycles.